The van der Waals surface area contributed by atoms with Gasteiger partial charge in [-0.1, -0.05) is 6.07 Å². The number of benzene rings is 1. The van der Waals surface area contributed by atoms with Gasteiger partial charge < -0.3 is 14.5 Å². The highest BCUT2D eigenvalue weighted by Gasteiger charge is 2.07. The van der Waals surface area contributed by atoms with Crippen molar-refractivity contribution in [3.63, 3.8) is 0 Å². The van der Waals surface area contributed by atoms with Gasteiger partial charge in [0.15, 0.2) is 12.0 Å². The van der Waals surface area contributed by atoms with Crippen molar-refractivity contribution in [1.82, 2.24) is 15.0 Å². The number of nitrogens with zero attached hydrogens (tertiary/aromatic N) is 2. The minimum atomic E-state index is -0.832. The number of H-pyrrole nitrogens is 1. The largest absolute Gasteiger partial charge is 0.481 e. The van der Waals surface area contributed by atoms with Crippen molar-refractivity contribution in [1.29, 1.82) is 0 Å². The molecule has 0 aliphatic rings. The molecular formula is C13H11N3O3. The lowest BCUT2D eigenvalue weighted by molar-refractivity contribution is -0.137. The van der Waals surface area contributed by atoms with E-state index in [2.05, 4.69) is 15.0 Å². The van der Waals surface area contributed by atoms with Crippen molar-refractivity contribution in [3.8, 4) is 11.3 Å². The molecule has 6 heteroatoms. The van der Waals surface area contributed by atoms with Gasteiger partial charge in [-0.2, -0.15) is 0 Å². The summed E-state index contributed by atoms with van der Waals surface area (Å²) in [4.78, 5) is 21.8. The summed E-state index contributed by atoms with van der Waals surface area (Å²) < 4.78 is 5.24. The summed E-state index contributed by atoms with van der Waals surface area (Å²) in [6, 6.07) is 5.65. The molecule has 0 saturated carbocycles. The first kappa shape index (κ1) is 11.5. The second kappa shape index (κ2) is 4.56. The summed E-state index contributed by atoms with van der Waals surface area (Å²) in [6.45, 7) is 0. The smallest absolute Gasteiger partial charge is 0.303 e. The Kier molecular flexibility index (Phi) is 2.75. The van der Waals surface area contributed by atoms with Crippen LogP contribution in [0.1, 0.15) is 12.2 Å². The summed E-state index contributed by atoms with van der Waals surface area (Å²) in [5.41, 5.74) is 3.27. The van der Waals surface area contributed by atoms with Gasteiger partial charge in [0.2, 0.25) is 0 Å². The molecule has 96 valence electrons. The van der Waals surface area contributed by atoms with Gasteiger partial charge in [-0.05, 0) is 12.1 Å². The van der Waals surface area contributed by atoms with Crippen molar-refractivity contribution < 1.29 is 14.3 Å². The maximum atomic E-state index is 10.5. The first-order valence-corrected chi connectivity index (χ1v) is 5.81. The van der Waals surface area contributed by atoms with Gasteiger partial charge >= 0.3 is 5.97 Å². The van der Waals surface area contributed by atoms with Crippen molar-refractivity contribution in [3.05, 3.63) is 36.6 Å². The van der Waals surface area contributed by atoms with Crippen LogP contribution in [0.25, 0.3) is 22.4 Å². The van der Waals surface area contributed by atoms with E-state index in [1.807, 2.05) is 18.2 Å². The maximum Gasteiger partial charge on any atom is 0.303 e. The number of aromatic nitrogens is 3. The lowest BCUT2D eigenvalue weighted by Crippen LogP contribution is -1.98. The number of carboxylic acid groups (broad SMARTS) is 1. The highest BCUT2D eigenvalue weighted by atomic mass is 16.4. The second-order valence-corrected chi connectivity index (χ2v) is 4.17. The number of carbonyl (C=O) groups is 1. The van der Waals surface area contributed by atoms with E-state index in [0.29, 0.717) is 17.8 Å². The zero-order valence-electron chi connectivity index (χ0n) is 9.96. The fraction of sp³-hybridized carbons (Fsp3) is 0.154. The molecule has 3 aromatic rings. The van der Waals surface area contributed by atoms with E-state index in [-0.39, 0.29) is 6.42 Å². The molecule has 0 aliphatic heterocycles. The van der Waals surface area contributed by atoms with E-state index in [9.17, 15) is 4.79 Å². The predicted molar refractivity (Wildman–Crippen MR) is 67.5 cm³/mol. The van der Waals surface area contributed by atoms with Crippen molar-refractivity contribution in [2.45, 2.75) is 12.8 Å². The van der Waals surface area contributed by atoms with Gasteiger partial charge in [-0.3, -0.25) is 4.79 Å². The van der Waals surface area contributed by atoms with Gasteiger partial charge in [0.1, 0.15) is 11.3 Å². The third-order valence-corrected chi connectivity index (χ3v) is 2.85. The van der Waals surface area contributed by atoms with Crippen LogP contribution in [0.3, 0.4) is 0 Å². The molecule has 3 rings (SSSR count). The minimum Gasteiger partial charge on any atom is -0.481 e. The third kappa shape index (κ3) is 2.33. The van der Waals surface area contributed by atoms with Crippen LogP contribution in [-0.2, 0) is 11.2 Å². The van der Waals surface area contributed by atoms with E-state index in [4.69, 9.17) is 9.52 Å². The van der Waals surface area contributed by atoms with Crippen LogP contribution in [0.4, 0.5) is 0 Å². The van der Waals surface area contributed by atoms with Crippen molar-refractivity contribution in [2.24, 2.45) is 0 Å². The summed E-state index contributed by atoms with van der Waals surface area (Å²) in [5, 5.41) is 8.63. The van der Waals surface area contributed by atoms with Crippen LogP contribution in [-0.4, -0.2) is 26.0 Å². The molecule has 0 bridgehead atoms. The molecule has 6 nitrogen and oxygen atoms in total. The average Bonchev–Trinajstić information content (AvgIpc) is 3.04. The van der Waals surface area contributed by atoms with E-state index in [1.54, 1.807) is 6.20 Å². The number of aryl methyl sites for hydroxylation is 1. The number of nitrogens with one attached hydrogen (secondary N) is 1. The van der Waals surface area contributed by atoms with Crippen LogP contribution in [0.2, 0.25) is 0 Å². The third-order valence-electron chi connectivity index (χ3n) is 2.85. The van der Waals surface area contributed by atoms with Crippen LogP contribution < -0.4 is 0 Å². The van der Waals surface area contributed by atoms with Gasteiger partial charge in [0.05, 0.1) is 18.3 Å². The van der Waals surface area contributed by atoms with Crippen LogP contribution in [0, 0.1) is 0 Å². The van der Waals surface area contributed by atoms with E-state index >= 15 is 0 Å². The normalized spacial score (nSPS) is 10.9. The SMILES string of the molecule is O=C(O)CCc1ncc(-c2ccc3ncoc3c2)[nH]1. The number of aliphatic carboxylic acids is 1. The molecule has 0 fully saturated rings. The molecule has 0 saturated heterocycles. The van der Waals surface area contributed by atoms with Crippen LogP contribution in [0.5, 0.6) is 0 Å². The van der Waals surface area contributed by atoms with Crippen LogP contribution >= 0.6 is 0 Å². The van der Waals surface area contributed by atoms with Gasteiger partial charge in [0.25, 0.3) is 0 Å². The molecule has 0 unspecified atom stereocenters. The van der Waals surface area contributed by atoms with E-state index in [0.717, 1.165) is 16.8 Å². The quantitative estimate of drug-likeness (QED) is 0.747. The lowest BCUT2D eigenvalue weighted by atomic mass is 10.1. The molecule has 2 heterocycles. The molecule has 19 heavy (non-hydrogen) atoms. The molecular weight excluding hydrogens is 246 g/mol. The zero-order chi connectivity index (χ0) is 13.2. The minimum absolute atomic E-state index is 0.0636. The number of rotatable bonds is 4. The molecule has 0 atom stereocenters. The van der Waals surface area contributed by atoms with Crippen molar-refractivity contribution in [2.75, 3.05) is 0 Å². The molecule has 0 amide bonds. The number of hydrogen-bond donors (Lipinski definition) is 2. The summed E-state index contributed by atoms with van der Waals surface area (Å²) >= 11 is 0. The summed E-state index contributed by atoms with van der Waals surface area (Å²) in [6.07, 6.45) is 3.54. The average molecular weight is 257 g/mol. The molecule has 0 spiro atoms. The Bertz CT molecular complexity index is 729. The molecule has 1 aromatic carbocycles. The van der Waals surface area contributed by atoms with Crippen molar-refractivity contribution >= 4 is 17.1 Å². The number of oxazole rings is 1. The first-order valence-electron chi connectivity index (χ1n) is 5.81. The number of imidazole rings is 1. The predicted octanol–water partition coefficient (Wildman–Crippen LogP) is 2.24. The Labute approximate surface area is 108 Å². The first-order chi connectivity index (χ1) is 9.22. The zero-order valence-corrected chi connectivity index (χ0v) is 9.96. The number of fused-ring (bicyclic) bond motifs is 1. The Morgan fingerprint density at radius 2 is 2.26 bits per heavy atom. The number of aromatic amines is 1. The Morgan fingerprint density at radius 1 is 1.37 bits per heavy atom. The second-order valence-electron chi connectivity index (χ2n) is 4.17. The van der Waals surface area contributed by atoms with Gasteiger partial charge in [0, 0.05) is 12.0 Å². The topological polar surface area (TPSA) is 92.0 Å². The molecule has 0 aliphatic carbocycles. The van der Waals surface area contributed by atoms with E-state index < -0.39 is 5.97 Å². The highest BCUT2D eigenvalue weighted by molar-refractivity contribution is 5.78. The Hall–Kier alpha value is -2.63. The van der Waals surface area contributed by atoms with E-state index in [1.165, 1.54) is 6.39 Å². The molecule has 2 N–H and O–H groups in total. The number of hydrogen-bond acceptors (Lipinski definition) is 4. The molecule has 0 radical (unpaired) electrons. The summed E-state index contributed by atoms with van der Waals surface area (Å²) in [7, 11) is 0. The monoisotopic (exact) mass is 257 g/mol. The molecule has 2 aromatic heterocycles. The fourth-order valence-electron chi connectivity index (χ4n) is 1.88. The van der Waals surface area contributed by atoms with Gasteiger partial charge in [-0.15, -0.1) is 0 Å². The summed E-state index contributed by atoms with van der Waals surface area (Å²) in [5.74, 6) is -0.170. The Morgan fingerprint density at radius 3 is 3.11 bits per heavy atom. The standard InChI is InChI=1S/C13H11N3O3/c17-13(18)4-3-12-14-6-10(16-12)8-1-2-9-11(5-8)19-7-15-9/h1-2,5-7H,3-4H2,(H,14,16)(H,17,18). The Balaban J connectivity index is 1.86. The fourth-order valence-corrected chi connectivity index (χ4v) is 1.88. The van der Waals surface area contributed by atoms with Gasteiger partial charge in [-0.25, -0.2) is 9.97 Å². The van der Waals surface area contributed by atoms with Crippen LogP contribution in [0.15, 0.2) is 35.2 Å². The maximum absolute atomic E-state index is 10.5. The highest BCUT2D eigenvalue weighted by Crippen LogP contribution is 2.22. The lowest BCUT2D eigenvalue weighted by Gasteiger charge is -1.97. The number of carboxylic acids is 1.